The van der Waals surface area contributed by atoms with Gasteiger partial charge in [-0.3, -0.25) is 4.90 Å². The fraction of sp³-hybridized carbons (Fsp3) is 0.333. The van der Waals surface area contributed by atoms with Crippen LogP contribution in [0, 0.1) is 0 Å². The smallest absolute Gasteiger partial charge is 0.414 e. The molecule has 0 bridgehead atoms. The number of anilines is 1. The van der Waals surface area contributed by atoms with Crippen molar-refractivity contribution < 1.29 is 9.53 Å². The van der Waals surface area contributed by atoms with Crippen LogP contribution in [0.2, 0.25) is 0 Å². The standard InChI is InChI=1S/C15H15N3O2/c1-10(17-5-3-16-9-17)12-6-11-2-4-18-14(11)13(7-12)8-20-15(18)19/h3,5-7,9-10H,2,4,8H2,1H3. The maximum atomic E-state index is 11.7. The van der Waals surface area contributed by atoms with Crippen molar-refractivity contribution in [3.05, 3.63) is 47.5 Å². The van der Waals surface area contributed by atoms with Crippen molar-refractivity contribution in [3.8, 4) is 0 Å². The minimum absolute atomic E-state index is 0.216. The number of carbonyl (C=O) groups is 1. The Balaban J connectivity index is 1.80. The molecule has 4 rings (SSSR count). The molecule has 2 aliphatic heterocycles. The molecule has 0 fully saturated rings. The van der Waals surface area contributed by atoms with Gasteiger partial charge < -0.3 is 9.30 Å². The van der Waals surface area contributed by atoms with Crippen molar-refractivity contribution in [1.29, 1.82) is 0 Å². The van der Waals surface area contributed by atoms with Crippen LogP contribution in [0.4, 0.5) is 10.5 Å². The second-order valence-corrected chi connectivity index (χ2v) is 5.33. The van der Waals surface area contributed by atoms with Gasteiger partial charge in [0.25, 0.3) is 0 Å². The first-order valence-corrected chi connectivity index (χ1v) is 6.81. The molecule has 2 aromatic rings. The third-order valence-corrected chi connectivity index (χ3v) is 4.19. The summed E-state index contributed by atoms with van der Waals surface area (Å²) in [4.78, 5) is 17.6. The average molecular weight is 269 g/mol. The highest BCUT2D eigenvalue weighted by Gasteiger charge is 2.33. The Morgan fingerprint density at radius 3 is 3.00 bits per heavy atom. The van der Waals surface area contributed by atoms with Crippen molar-refractivity contribution in [1.82, 2.24) is 9.55 Å². The maximum Gasteiger partial charge on any atom is 0.414 e. The van der Waals surface area contributed by atoms with E-state index in [1.165, 1.54) is 11.1 Å². The van der Waals surface area contributed by atoms with Crippen LogP contribution in [-0.4, -0.2) is 22.2 Å². The number of ether oxygens (including phenoxy) is 1. The summed E-state index contributed by atoms with van der Waals surface area (Å²) in [6.07, 6.45) is 6.27. The Morgan fingerprint density at radius 2 is 2.20 bits per heavy atom. The van der Waals surface area contributed by atoms with E-state index < -0.39 is 0 Å². The molecule has 1 aromatic carbocycles. The first-order valence-electron chi connectivity index (χ1n) is 6.81. The lowest BCUT2D eigenvalue weighted by Crippen LogP contribution is -2.33. The molecular weight excluding hydrogens is 254 g/mol. The summed E-state index contributed by atoms with van der Waals surface area (Å²) in [6.45, 7) is 3.25. The highest BCUT2D eigenvalue weighted by molar-refractivity contribution is 5.93. The van der Waals surface area contributed by atoms with E-state index >= 15 is 0 Å². The van der Waals surface area contributed by atoms with Gasteiger partial charge in [0.2, 0.25) is 0 Å². The predicted octanol–water partition coefficient (Wildman–Crippen LogP) is 2.51. The lowest BCUT2D eigenvalue weighted by atomic mass is 9.98. The van der Waals surface area contributed by atoms with Crippen LogP contribution in [0.3, 0.4) is 0 Å². The third kappa shape index (κ3) is 1.56. The number of amides is 1. The van der Waals surface area contributed by atoms with E-state index in [-0.39, 0.29) is 12.1 Å². The van der Waals surface area contributed by atoms with Gasteiger partial charge in [-0.1, -0.05) is 6.07 Å². The summed E-state index contributed by atoms with van der Waals surface area (Å²) in [5, 5.41) is 0. The van der Waals surface area contributed by atoms with Crippen LogP contribution in [0.25, 0.3) is 0 Å². The molecule has 0 radical (unpaired) electrons. The lowest BCUT2D eigenvalue weighted by molar-refractivity contribution is 0.143. The van der Waals surface area contributed by atoms with Crippen molar-refractivity contribution in [2.75, 3.05) is 11.4 Å². The first kappa shape index (κ1) is 11.5. The van der Waals surface area contributed by atoms with E-state index in [2.05, 4.69) is 28.6 Å². The lowest BCUT2D eigenvalue weighted by Gasteiger charge is -2.26. The zero-order valence-electron chi connectivity index (χ0n) is 11.2. The summed E-state index contributed by atoms with van der Waals surface area (Å²) < 4.78 is 7.31. The molecule has 1 amide bonds. The number of aromatic nitrogens is 2. The molecule has 1 aromatic heterocycles. The molecule has 1 atom stereocenters. The predicted molar refractivity (Wildman–Crippen MR) is 73.7 cm³/mol. The van der Waals surface area contributed by atoms with Gasteiger partial charge in [-0.2, -0.15) is 0 Å². The summed E-state index contributed by atoms with van der Waals surface area (Å²) in [5.74, 6) is 0. The monoisotopic (exact) mass is 269 g/mol. The molecule has 1 unspecified atom stereocenters. The SMILES string of the molecule is CC(c1cc2c3c(c1)COC(=O)N3CC2)n1ccnc1. The molecule has 102 valence electrons. The number of carbonyl (C=O) groups excluding carboxylic acids is 1. The summed E-state index contributed by atoms with van der Waals surface area (Å²) in [6, 6.07) is 4.59. The topological polar surface area (TPSA) is 47.4 Å². The van der Waals surface area contributed by atoms with Crippen LogP contribution < -0.4 is 4.90 Å². The molecule has 0 N–H and O–H groups in total. The number of rotatable bonds is 2. The van der Waals surface area contributed by atoms with Crippen LogP contribution in [0.15, 0.2) is 30.9 Å². The normalized spacial score (nSPS) is 17.9. The molecule has 20 heavy (non-hydrogen) atoms. The van der Waals surface area contributed by atoms with Gasteiger partial charge in [0.1, 0.15) is 6.61 Å². The summed E-state index contributed by atoms with van der Waals surface area (Å²) in [7, 11) is 0. The van der Waals surface area contributed by atoms with Gasteiger partial charge in [0, 0.05) is 24.5 Å². The van der Waals surface area contributed by atoms with Crippen molar-refractivity contribution in [3.63, 3.8) is 0 Å². The number of hydrogen-bond acceptors (Lipinski definition) is 3. The van der Waals surface area contributed by atoms with Crippen LogP contribution in [0.1, 0.15) is 29.7 Å². The molecule has 5 heteroatoms. The van der Waals surface area contributed by atoms with Gasteiger partial charge in [-0.05, 0) is 30.5 Å². The number of imidazole rings is 1. The minimum atomic E-state index is -0.216. The minimum Gasteiger partial charge on any atom is -0.444 e. The highest BCUT2D eigenvalue weighted by Crippen LogP contribution is 2.38. The molecule has 0 saturated carbocycles. The highest BCUT2D eigenvalue weighted by atomic mass is 16.6. The number of benzene rings is 1. The van der Waals surface area contributed by atoms with E-state index in [0.717, 1.165) is 24.2 Å². The fourth-order valence-corrected chi connectivity index (χ4v) is 3.09. The molecule has 0 saturated heterocycles. The van der Waals surface area contributed by atoms with Gasteiger partial charge in [0.15, 0.2) is 0 Å². The Bertz CT molecular complexity index is 679. The maximum absolute atomic E-state index is 11.7. The Kier molecular flexibility index (Phi) is 2.36. The molecule has 0 spiro atoms. The Hall–Kier alpha value is -2.30. The Labute approximate surface area is 116 Å². The van der Waals surface area contributed by atoms with Gasteiger partial charge >= 0.3 is 6.09 Å². The molecule has 5 nitrogen and oxygen atoms in total. The second kappa shape index (κ2) is 4.10. The second-order valence-electron chi connectivity index (χ2n) is 5.33. The zero-order valence-corrected chi connectivity index (χ0v) is 11.2. The largest absolute Gasteiger partial charge is 0.444 e. The number of hydrogen-bond donors (Lipinski definition) is 0. The quantitative estimate of drug-likeness (QED) is 0.841. The van der Waals surface area contributed by atoms with Gasteiger partial charge in [-0.15, -0.1) is 0 Å². The molecule has 3 heterocycles. The zero-order chi connectivity index (χ0) is 13.7. The average Bonchev–Trinajstić information content (AvgIpc) is 3.12. The third-order valence-electron chi connectivity index (χ3n) is 4.19. The van der Waals surface area contributed by atoms with Gasteiger partial charge in [0.05, 0.1) is 18.1 Å². The van der Waals surface area contributed by atoms with E-state index in [4.69, 9.17) is 4.74 Å². The summed E-state index contributed by atoms with van der Waals surface area (Å²) in [5.41, 5.74) is 4.67. The Morgan fingerprint density at radius 1 is 1.35 bits per heavy atom. The van der Waals surface area contributed by atoms with Crippen LogP contribution in [-0.2, 0) is 17.8 Å². The molecule has 2 aliphatic rings. The van der Waals surface area contributed by atoms with E-state index in [1.54, 1.807) is 11.1 Å². The van der Waals surface area contributed by atoms with Gasteiger partial charge in [-0.25, -0.2) is 9.78 Å². The van der Waals surface area contributed by atoms with E-state index in [1.807, 2.05) is 12.5 Å². The van der Waals surface area contributed by atoms with Crippen LogP contribution in [0.5, 0.6) is 0 Å². The van der Waals surface area contributed by atoms with Crippen molar-refractivity contribution >= 4 is 11.8 Å². The van der Waals surface area contributed by atoms with E-state index in [0.29, 0.717) is 6.61 Å². The van der Waals surface area contributed by atoms with Crippen LogP contribution >= 0.6 is 0 Å². The van der Waals surface area contributed by atoms with Crippen molar-refractivity contribution in [2.45, 2.75) is 26.0 Å². The molecular formula is C15H15N3O2. The van der Waals surface area contributed by atoms with E-state index in [9.17, 15) is 4.79 Å². The number of cyclic esters (lactones) is 1. The van der Waals surface area contributed by atoms with Crippen molar-refractivity contribution in [2.24, 2.45) is 0 Å². The summed E-state index contributed by atoms with van der Waals surface area (Å²) >= 11 is 0. The number of nitrogens with zero attached hydrogens (tertiary/aromatic N) is 3. The first-order chi connectivity index (χ1) is 9.74. The fourth-order valence-electron chi connectivity index (χ4n) is 3.09. The molecule has 0 aliphatic carbocycles.